The number of nitrogens with one attached hydrogen (secondary N) is 2. The van der Waals surface area contributed by atoms with E-state index in [0.29, 0.717) is 6.54 Å². The van der Waals surface area contributed by atoms with Crippen molar-refractivity contribution in [3.63, 3.8) is 0 Å². The third kappa shape index (κ3) is 6.05. The monoisotopic (exact) mass is 449 g/mol. The molecule has 0 aliphatic heterocycles. The SMILES string of the molecule is CCNC(=NCc1nncn1C)NCCc1nc(C)c(C)s1.I. The number of hydrogen-bond donors (Lipinski definition) is 2. The number of rotatable bonds is 6. The fourth-order valence-electron chi connectivity index (χ4n) is 1.88. The molecule has 2 N–H and O–H groups in total. The lowest BCUT2D eigenvalue weighted by molar-refractivity contribution is 0.762. The van der Waals surface area contributed by atoms with Gasteiger partial charge in [-0.2, -0.15) is 0 Å². The molecule has 0 atom stereocenters. The minimum atomic E-state index is 0. The van der Waals surface area contributed by atoms with Crippen molar-refractivity contribution in [2.45, 2.75) is 33.7 Å². The fraction of sp³-hybridized carbons (Fsp3) is 0.571. The zero-order valence-electron chi connectivity index (χ0n) is 14.0. The minimum absolute atomic E-state index is 0. The Bertz CT molecular complexity index is 615. The lowest BCUT2D eigenvalue weighted by Crippen LogP contribution is -2.38. The van der Waals surface area contributed by atoms with E-state index >= 15 is 0 Å². The summed E-state index contributed by atoms with van der Waals surface area (Å²) >= 11 is 1.76. The summed E-state index contributed by atoms with van der Waals surface area (Å²) < 4.78 is 1.87. The Morgan fingerprint density at radius 3 is 2.70 bits per heavy atom. The molecule has 0 bridgehead atoms. The van der Waals surface area contributed by atoms with Gasteiger partial charge in [-0.15, -0.1) is 45.5 Å². The van der Waals surface area contributed by atoms with Crippen molar-refractivity contribution in [1.29, 1.82) is 0 Å². The van der Waals surface area contributed by atoms with Crippen LogP contribution < -0.4 is 10.6 Å². The van der Waals surface area contributed by atoms with Crippen LogP contribution in [0, 0.1) is 13.8 Å². The van der Waals surface area contributed by atoms with Gasteiger partial charge >= 0.3 is 0 Å². The minimum Gasteiger partial charge on any atom is -0.357 e. The smallest absolute Gasteiger partial charge is 0.191 e. The van der Waals surface area contributed by atoms with Crippen molar-refractivity contribution in [1.82, 2.24) is 30.4 Å². The van der Waals surface area contributed by atoms with Gasteiger partial charge < -0.3 is 15.2 Å². The van der Waals surface area contributed by atoms with E-state index in [0.717, 1.165) is 42.0 Å². The maximum Gasteiger partial charge on any atom is 0.191 e. The maximum absolute atomic E-state index is 4.55. The van der Waals surface area contributed by atoms with Gasteiger partial charge in [-0.05, 0) is 20.8 Å². The molecule has 0 radical (unpaired) electrons. The highest BCUT2D eigenvalue weighted by atomic mass is 127. The van der Waals surface area contributed by atoms with Crippen LogP contribution in [0.3, 0.4) is 0 Å². The van der Waals surface area contributed by atoms with Crippen LogP contribution in [0.4, 0.5) is 0 Å². The molecule has 0 amide bonds. The summed E-state index contributed by atoms with van der Waals surface area (Å²) in [4.78, 5) is 10.4. The van der Waals surface area contributed by atoms with Gasteiger partial charge in [0.15, 0.2) is 11.8 Å². The zero-order chi connectivity index (χ0) is 15.9. The first-order chi connectivity index (χ1) is 10.6. The number of aliphatic imine (C=N–C) groups is 1. The highest BCUT2D eigenvalue weighted by Crippen LogP contribution is 2.16. The van der Waals surface area contributed by atoms with Gasteiger partial charge in [0, 0.05) is 31.4 Å². The summed E-state index contributed by atoms with van der Waals surface area (Å²) in [5, 5.41) is 15.6. The summed E-state index contributed by atoms with van der Waals surface area (Å²) in [5.74, 6) is 1.62. The van der Waals surface area contributed by atoms with Crippen molar-refractivity contribution < 1.29 is 0 Å². The third-order valence-electron chi connectivity index (χ3n) is 3.23. The van der Waals surface area contributed by atoms with Gasteiger partial charge in [-0.1, -0.05) is 0 Å². The number of nitrogens with zero attached hydrogens (tertiary/aromatic N) is 5. The Labute approximate surface area is 158 Å². The van der Waals surface area contributed by atoms with E-state index in [2.05, 4.69) is 44.7 Å². The van der Waals surface area contributed by atoms with Crippen molar-refractivity contribution in [3.8, 4) is 0 Å². The topological polar surface area (TPSA) is 80.0 Å². The predicted molar refractivity (Wildman–Crippen MR) is 105 cm³/mol. The Kier molecular flexibility index (Phi) is 8.45. The first kappa shape index (κ1) is 19.8. The molecule has 0 fully saturated rings. The standard InChI is InChI=1S/C14H23N7S.HI/c1-5-15-14(17-8-12-20-18-9-21(12)4)16-7-6-13-19-10(2)11(3)22-13;/h9H,5-8H2,1-4H3,(H2,15,16,17);1H. The average Bonchev–Trinajstić information content (AvgIpc) is 3.02. The summed E-state index contributed by atoms with van der Waals surface area (Å²) in [6.07, 6.45) is 2.58. The maximum atomic E-state index is 4.55. The van der Waals surface area contributed by atoms with Gasteiger partial charge in [-0.3, -0.25) is 0 Å². The number of guanidine groups is 1. The number of aromatic nitrogens is 4. The van der Waals surface area contributed by atoms with E-state index < -0.39 is 0 Å². The predicted octanol–water partition coefficient (Wildman–Crippen LogP) is 1.80. The molecule has 23 heavy (non-hydrogen) atoms. The van der Waals surface area contributed by atoms with Gasteiger partial charge in [-0.25, -0.2) is 9.98 Å². The average molecular weight is 449 g/mol. The van der Waals surface area contributed by atoms with Gasteiger partial charge in [0.2, 0.25) is 0 Å². The van der Waals surface area contributed by atoms with Crippen LogP contribution in [0.15, 0.2) is 11.3 Å². The molecule has 0 aliphatic carbocycles. The van der Waals surface area contributed by atoms with Crippen molar-refractivity contribution in [2.24, 2.45) is 12.0 Å². The normalized spacial score (nSPS) is 11.2. The number of halogens is 1. The fourth-order valence-corrected chi connectivity index (χ4v) is 2.81. The number of aryl methyl sites for hydroxylation is 3. The summed E-state index contributed by atoms with van der Waals surface area (Å²) in [6, 6.07) is 0. The lowest BCUT2D eigenvalue weighted by Gasteiger charge is -2.10. The van der Waals surface area contributed by atoms with E-state index in [-0.39, 0.29) is 24.0 Å². The number of thiazole rings is 1. The van der Waals surface area contributed by atoms with Crippen LogP contribution >= 0.6 is 35.3 Å². The molecule has 2 rings (SSSR count). The van der Waals surface area contributed by atoms with Crippen LogP contribution in [-0.4, -0.2) is 38.8 Å². The Hall–Kier alpha value is -1.23. The summed E-state index contributed by atoms with van der Waals surface area (Å²) in [6.45, 7) is 8.33. The molecule has 0 saturated heterocycles. The number of hydrogen-bond acceptors (Lipinski definition) is 5. The quantitative estimate of drug-likeness (QED) is 0.400. The van der Waals surface area contributed by atoms with Crippen molar-refractivity contribution in [3.05, 3.63) is 27.7 Å². The molecule has 0 spiro atoms. The van der Waals surface area contributed by atoms with Crippen LogP contribution in [0.1, 0.15) is 28.3 Å². The van der Waals surface area contributed by atoms with Crippen LogP contribution in [-0.2, 0) is 20.0 Å². The van der Waals surface area contributed by atoms with Crippen molar-refractivity contribution in [2.75, 3.05) is 13.1 Å². The molecular weight excluding hydrogens is 425 g/mol. The first-order valence-electron chi connectivity index (χ1n) is 7.38. The highest BCUT2D eigenvalue weighted by molar-refractivity contribution is 14.0. The van der Waals surface area contributed by atoms with Gasteiger partial charge in [0.05, 0.1) is 10.7 Å². The molecule has 9 heteroatoms. The molecule has 2 aromatic heterocycles. The van der Waals surface area contributed by atoms with Crippen LogP contribution in [0.2, 0.25) is 0 Å². The zero-order valence-corrected chi connectivity index (χ0v) is 17.1. The molecular formula is C14H24IN7S. The molecule has 7 nitrogen and oxygen atoms in total. The van der Waals surface area contributed by atoms with Gasteiger partial charge in [0.1, 0.15) is 12.9 Å². The molecule has 0 saturated carbocycles. The van der Waals surface area contributed by atoms with E-state index in [9.17, 15) is 0 Å². The third-order valence-corrected chi connectivity index (χ3v) is 4.36. The summed E-state index contributed by atoms with van der Waals surface area (Å²) in [5.41, 5.74) is 1.13. The van der Waals surface area contributed by atoms with Gasteiger partial charge in [0.25, 0.3) is 0 Å². The first-order valence-corrected chi connectivity index (χ1v) is 8.19. The molecule has 128 valence electrons. The molecule has 0 aromatic carbocycles. The Balaban J connectivity index is 0.00000264. The van der Waals surface area contributed by atoms with E-state index in [1.165, 1.54) is 4.88 Å². The second kappa shape index (κ2) is 9.81. The van der Waals surface area contributed by atoms with Crippen LogP contribution in [0.25, 0.3) is 0 Å². The molecule has 0 aliphatic rings. The molecule has 2 aromatic rings. The molecule has 2 heterocycles. The lowest BCUT2D eigenvalue weighted by atomic mass is 10.4. The second-order valence-electron chi connectivity index (χ2n) is 4.98. The van der Waals surface area contributed by atoms with Crippen LogP contribution in [0.5, 0.6) is 0 Å². The highest BCUT2D eigenvalue weighted by Gasteiger charge is 2.05. The van der Waals surface area contributed by atoms with Crippen molar-refractivity contribution >= 4 is 41.3 Å². The van der Waals surface area contributed by atoms with E-state index in [1.807, 2.05) is 18.5 Å². The van der Waals surface area contributed by atoms with E-state index in [1.54, 1.807) is 17.7 Å². The molecule has 0 unspecified atom stereocenters. The Morgan fingerprint density at radius 1 is 1.35 bits per heavy atom. The largest absolute Gasteiger partial charge is 0.357 e. The summed E-state index contributed by atoms with van der Waals surface area (Å²) in [7, 11) is 1.92. The van der Waals surface area contributed by atoms with E-state index in [4.69, 9.17) is 0 Å². The Morgan fingerprint density at radius 2 is 2.13 bits per heavy atom. The second-order valence-corrected chi connectivity index (χ2v) is 6.27.